The summed E-state index contributed by atoms with van der Waals surface area (Å²) in [6, 6.07) is 0. The summed E-state index contributed by atoms with van der Waals surface area (Å²) in [5.41, 5.74) is 5.35. The quantitative estimate of drug-likeness (QED) is 0.0268. The van der Waals surface area contributed by atoms with E-state index >= 15 is 0 Å². The lowest BCUT2D eigenvalue weighted by molar-refractivity contribution is -0.161. The number of unbranched alkanes of at least 4 members (excludes halogenated alkanes) is 28. The van der Waals surface area contributed by atoms with Crippen LogP contribution in [0.25, 0.3) is 0 Å². The van der Waals surface area contributed by atoms with Crippen molar-refractivity contribution in [2.75, 3.05) is 26.4 Å². The van der Waals surface area contributed by atoms with Crippen LogP contribution in [0, 0.1) is 0 Å². The third-order valence-corrected chi connectivity index (χ3v) is 10.9. The molecule has 2 atom stereocenters. The molecule has 3 N–H and O–H groups in total. The van der Waals surface area contributed by atoms with E-state index < -0.39 is 26.5 Å². The Balaban J connectivity index is 4.09. The molecule has 0 saturated carbocycles. The Hall–Kier alpha value is -1.25. The zero-order valence-corrected chi connectivity index (χ0v) is 36.1. The lowest BCUT2D eigenvalue weighted by atomic mass is 10.0. The molecule has 0 amide bonds. The first-order valence-electron chi connectivity index (χ1n) is 22.7. The molecule has 0 fully saturated rings. The van der Waals surface area contributed by atoms with Gasteiger partial charge in [-0.15, -0.1) is 0 Å². The third kappa shape index (κ3) is 40.4. The third-order valence-electron chi connectivity index (χ3n) is 9.90. The van der Waals surface area contributed by atoms with Gasteiger partial charge in [-0.2, -0.15) is 0 Å². The average Bonchev–Trinajstić information content (AvgIpc) is 3.16. The monoisotopic (exact) mass is 788 g/mol. The second kappa shape index (κ2) is 41.4. The molecule has 0 radical (unpaired) electrons. The van der Waals surface area contributed by atoms with Crippen LogP contribution >= 0.6 is 7.82 Å². The fraction of sp³-hybridized carbons (Fsp3) is 0.909. The van der Waals surface area contributed by atoms with Crippen LogP contribution in [0.15, 0.2) is 12.2 Å². The minimum Gasteiger partial charge on any atom is -0.462 e. The molecule has 0 aliphatic heterocycles. The van der Waals surface area contributed by atoms with Gasteiger partial charge in [0.05, 0.1) is 13.2 Å². The molecule has 320 valence electrons. The van der Waals surface area contributed by atoms with Crippen molar-refractivity contribution in [3.63, 3.8) is 0 Å². The number of rotatable bonds is 43. The summed E-state index contributed by atoms with van der Waals surface area (Å²) in [4.78, 5) is 34.9. The normalized spacial score (nSPS) is 13.3. The first kappa shape index (κ1) is 52.8. The molecule has 0 rings (SSSR count). The summed E-state index contributed by atoms with van der Waals surface area (Å²) < 4.78 is 32.8. The summed E-state index contributed by atoms with van der Waals surface area (Å²) in [5.74, 6) is -0.821. The van der Waals surface area contributed by atoms with Crippen molar-refractivity contribution in [3.8, 4) is 0 Å². The summed E-state index contributed by atoms with van der Waals surface area (Å²) in [6.45, 7) is 3.75. The van der Waals surface area contributed by atoms with Crippen molar-refractivity contribution in [2.24, 2.45) is 5.73 Å². The Morgan fingerprint density at radius 1 is 0.537 bits per heavy atom. The maximum atomic E-state index is 12.6. The number of phosphoric acid groups is 1. The number of nitrogens with two attached hydrogens (primary N) is 1. The Labute approximate surface area is 332 Å². The van der Waals surface area contributed by atoms with Crippen molar-refractivity contribution < 1.29 is 37.6 Å². The number of carbonyl (C=O) groups excluding carboxylic acids is 2. The van der Waals surface area contributed by atoms with Crippen LogP contribution in [0.3, 0.4) is 0 Å². The molecule has 10 heteroatoms. The van der Waals surface area contributed by atoms with Crippen LogP contribution in [0.4, 0.5) is 0 Å². The van der Waals surface area contributed by atoms with Gasteiger partial charge in [-0.05, 0) is 38.5 Å². The highest BCUT2D eigenvalue weighted by Crippen LogP contribution is 2.43. The first-order chi connectivity index (χ1) is 26.3. The molecule has 0 bridgehead atoms. The molecule has 0 aromatic rings. The van der Waals surface area contributed by atoms with Crippen molar-refractivity contribution in [1.29, 1.82) is 0 Å². The van der Waals surface area contributed by atoms with E-state index in [1.165, 1.54) is 148 Å². The van der Waals surface area contributed by atoms with Crippen molar-refractivity contribution in [2.45, 2.75) is 232 Å². The van der Waals surface area contributed by atoms with E-state index in [0.717, 1.165) is 44.9 Å². The van der Waals surface area contributed by atoms with E-state index in [-0.39, 0.29) is 38.6 Å². The molecular weight excluding hydrogens is 701 g/mol. The summed E-state index contributed by atoms with van der Waals surface area (Å²) >= 11 is 0. The molecule has 0 heterocycles. The van der Waals surface area contributed by atoms with Gasteiger partial charge >= 0.3 is 19.8 Å². The van der Waals surface area contributed by atoms with E-state index in [1.54, 1.807) is 0 Å². The summed E-state index contributed by atoms with van der Waals surface area (Å²) in [7, 11) is -4.37. The van der Waals surface area contributed by atoms with Gasteiger partial charge in [0.2, 0.25) is 0 Å². The lowest BCUT2D eigenvalue weighted by Gasteiger charge is -2.19. The van der Waals surface area contributed by atoms with Gasteiger partial charge in [-0.25, -0.2) is 4.57 Å². The largest absolute Gasteiger partial charge is 0.472 e. The Morgan fingerprint density at radius 3 is 1.33 bits per heavy atom. The molecule has 9 nitrogen and oxygen atoms in total. The maximum absolute atomic E-state index is 12.6. The lowest BCUT2D eigenvalue weighted by Crippen LogP contribution is -2.29. The van der Waals surface area contributed by atoms with Gasteiger partial charge in [-0.3, -0.25) is 18.6 Å². The van der Waals surface area contributed by atoms with Crippen molar-refractivity contribution >= 4 is 19.8 Å². The summed E-state index contributed by atoms with van der Waals surface area (Å²) in [6.07, 6.45) is 42.4. The smallest absolute Gasteiger partial charge is 0.462 e. The number of carbonyl (C=O) groups is 2. The predicted octanol–water partition coefficient (Wildman–Crippen LogP) is 13.0. The molecule has 0 aliphatic carbocycles. The number of esters is 2. The zero-order valence-electron chi connectivity index (χ0n) is 35.2. The minimum absolute atomic E-state index is 0.0558. The highest BCUT2D eigenvalue weighted by Gasteiger charge is 2.26. The predicted molar refractivity (Wildman–Crippen MR) is 224 cm³/mol. The van der Waals surface area contributed by atoms with Crippen molar-refractivity contribution in [3.05, 3.63) is 12.2 Å². The molecule has 0 aromatic heterocycles. The van der Waals surface area contributed by atoms with E-state index in [4.69, 9.17) is 24.3 Å². The van der Waals surface area contributed by atoms with Crippen LogP contribution in [0.2, 0.25) is 0 Å². The topological polar surface area (TPSA) is 134 Å². The van der Waals surface area contributed by atoms with E-state index in [0.29, 0.717) is 6.42 Å². The SMILES string of the molecule is CCCCCC/C=C/CCCCCCCCCC(=O)OC[C@H](COP(=O)(O)OCCN)OC(=O)CCCCCCCCCCCCCCCCCCCC. The van der Waals surface area contributed by atoms with Gasteiger partial charge < -0.3 is 20.1 Å². The van der Waals surface area contributed by atoms with E-state index in [2.05, 4.69) is 26.0 Å². The Bertz CT molecular complexity index is 902. The number of ether oxygens (including phenoxy) is 2. The van der Waals surface area contributed by atoms with Gasteiger partial charge in [0, 0.05) is 19.4 Å². The maximum Gasteiger partial charge on any atom is 0.472 e. The van der Waals surface area contributed by atoms with Gasteiger partial charge in [0.25, 0.3) is 0 Å². The molecule has 0 saturated heterocycles. The fourth-order valence-corrected chi connectivity index (χ4v) is 7.28. The van der Waals surface area contributed by atoms with Crippen LogP contribution in [0.1, 0.15) is 226 Å². The average molecular weight is 788 g/mol. The fourth-order valence-electron chi connectivity index (χ4n) is 6.51. The van der Waals surface area contributed by atoms with Crippen LogP contribution in [-0.2, 0) is 32.7 Å². The van der Waals surface area contributed by atoms with E-state index in [9.17, 15) is 19.0 Å². The molecule has 1 unspecified atom stereocenters. The van der Waals surface area contributed by atoms with Crippen molar-refractivity contribution in [1.82, 2.24) is 0 Å². The number of allylic oxidation sites excluding steroid dienone is 2. The number of phosphoric ester groups is 1. The Kier molecular flexibility index (Phi) is 40.4. The van der Waals surface area contributed by atoms with Crippen LogP contribution in [-0.4, -0.2) is 49.3 Å². The summed E-state index contributed by atoms with van der Waals surface area (Å²) in [5, 5.41) is 0. The second-order valence-electron chi connectivity index (χ2n) is 15.3. The molecule has 54 heavy (non-hydrogen) atoms. The first-order valence-corrected chi connectivity index (χ1v) is 24.2. The highest BCUT2D eigenvalue weighted by atomic mass is 31.2. The van der Waals surface area contributed by atoms with Gasteiger partial charge in [-0.1, -0.05) is 187 Å². The number of hydrogen-bond acceptors (Lipinski definition) is 8. The van der Waals surface area contributed by atoms with Crippen LogP contribution in [0.5, 0.6) is 0 Å². The van der Waals surface area contributed by atoms with E-state index in [1.807, 2.05) is 0 Å². The van der Waals surface area contributed by atoms with Gasteiger partial charge in [0.15, 0.2) is 6.10 Å². The molecule has 0 spiro atoms. The molecule has 0 aliphatic rings. The minimum atomic E-state index is -4.37. The molecular formula is C44H86NO8P. The van der Waals surface area contributed by atoms with Gasteiger partial charge in [0.1, 0.15) is 6.61 Å². The second-order valence-corrected chi connectivity index (χ2v) is 16.7. The molecule has 0 aromatic carbocycles. The highest BCUT2D eigenvalue weighted by molar-refractivity contribution is 7.47. The Morgan fingerprint density at radius 2 is 0.907 bits per heavy atom. The standard InChI is InChI=1S/C44H86NO8P/c1-3-5-7-9-11-13-15-17-19-20-21-23-25-27-29-31-33-35-37-44(47)53-42(41-52-54(48,49)51-39-38-45)40-50-43(46)36-34-32-30-28-26-24-22-18-16-14-12-10-8-6-4-2/h14,16,42H,3-13,15,17-41,45H2,1-2H3,(H,48,49)/b16-14+/t42-/m1/s1. The van der Waals surface area contributed by atoms with Crippen LogP contribution < -0.4 is 5.73 Å². The number of hydrogen-bond donors (Lipinski definition) is 2. The zero-order chi connectivity index (χ0) is 39.6.